The van der Waals surface area contributed by atoms with Crippen molar-refractivity contribution in [2.75, 3.05) is 79.9 Å². The van der Waals surface area contributed by atoms with E-state index >= 15 is 0 Å². The van der Waals surface area contributed by atoms with Crippen molar-refractivity contribution < 1.29 is 166 Å². The number of halogens is 12. The number of carboxylic acid groups (broad SMARTS) is 1. The van der Waals surface area contributed by atoms with Gasteiger partial charge in [0.25, 0.3) is 0 Å². The Hall–Kier alpha value is -7.10. The second kappa shape index (κ2) is 41.8. The van der Waals surface area contributed by atoms with Gasteiger partial charge in [-0.1, -0.05) is 60.7 Å². The Labute approximate surface area is 646 Å². The molecule has 0 saturated carbocycles. The van der Waals surface area contributed by atoms with Gasteiger partial charge in [0, 0.05) is 51.9 Å². The maximum Gasteiger partial charge on any atom is 0.416 e. The van der Waals surface area contributed by atoms with Gasteiger partial charge in [0.15, 0.2) is 0 Å². The summed E-state index contributed by atoms with van der Waals surface area (Å²) >= 11 is 0. The number of aliphatic hydroxyl groups excluding tert-OH is 10. The minimum absolute atomic E-state index is 0.0217. The Kier molecular flexibility index (Phi) is 35.8. The number of phosphoric acid groups is 1. The molecular formula is C72H95F12N6O23P-2. The van der Waals surface area contributed by atoms with Crippen molar-refractivity contribution in [2.24, 2.45) is 0 Å². The van der Waals surface area contributed by atoms with Crippen LogP contribution in [-0.2, 0) is 78.3 Å². The molecule has 4 fully saturated rings. The first-order valence-corrected chi connectivity index (χ1v) is 37.1. The van der Waals surface area contributed by atoms with Crippen LogP contribution in [0.25, 0.3) is 0 Å². The second-order valence-electron chi connectivity index (χ2n) is 27.9. The number of aliphatic hydroxyl groups is 10. The molecule has 4 aromatic carbocycles. The molecule has 0 unspecified atom stereocenters. The summed E-state index contributed by atoms with van der Waals surface area (Å²) in [5.74, 6) is -2.37. The van der Waals surface area contributed by atoms with Crippen LogP contribution in [-0.4, -0.2) is 236 Å². The van der Waals surface area contributed by atoms with E-state index in [-0.39, 0.29) is 107 Å². The molecule has 0 bridgehead atoms. The number of aliphatic carboxylic acids is 1. The summed E-state index contributed by atoms with van der Waals surface area (Å²) in [5, 5.41) is 110. The molecule has 0 radical (unpaired) electrons. The van der Waals surface area contributed by atoms with E-state index in [4.69, 9.17) is 60.2 Å². The minimum atomic E-state index is -5.24. The van der Waals surface area contributed by atoms with Crippen molar-refractivity contribution in [1.82, 2.24) is 31.1 Å². The first-order chi connectivity index (χ1) is 53.0. The standard InChI is InChI=1S/C29H33F6N2O8P.C29H30F6N2O5.2C7H17NO5/c1-19(20-14-22(28(30,31)32)16-23(15-20)29(33,34)35)44-18-27(21-6-3-2-4-7-21)11-10-26(9-8-24(38)36-26)17-37(27)25(39)43-12-5-13-45-46(40,41)42;1-18(19-13-21(28(30,31)32)15-22(14-19)29(33,34)35)42-17-27(20-5-3-2-4-6-20)12-11-26(16-36-27)10-9-24(39)37(26)23(38)7-8-25(40)41;2*1-8-2-4(10)6(12)7(13)5(11)3-9/h2-4,6-7,14-16,19H,5,8-13,17-18H2,1H3,(H,36,38)(H2,40,41,42);2-6,13-15,18,36H,7-12,16-17H2,1H3,(H,40,41);2*4-13H,2-3H2,1H3/p-2/t19-,26-,27-;18-,26-,27-;2*4-,5+,6+,7+/m1100/s1. The summed E-state index contributed by atoms with van der Waals surface area (Å²) in [6, 6.07) is 19.9. The molecule has 4 heterocycles. The summed E-state index contributed by atoms with van der Waals surface area (Å²) in [5.41, 5.74) is -9.26. The number of hydrogen-bond donors (Lipinski definition) is 15. The highest BCUT2D eigenvalue weighted by molar-refractivity contribution is 7.43. The van der Waals surface area contributed by atoms with Crippen LogP contribution in [0.5, 0.6) is 0 Å². The number of piperidine rings is 2. The van der Waals surface area contributed by atoms with Gasteiger partial charge < -0.3 is 111 Å². The lowest BCUT2D eigenvalue weighted by Crippen LogP contribution is -2.65. The van der Waals surface area contributed by atoms with Gasteiger partial charge >= 0.3 is 36.8 Å². The van der Waals surface area contributed by atoms with Crippen LogP contribution >= 0.6 is 7.82 Å². The lowest BCUT2D eigenvalue weighted by molar-refractivity contribution is -0.341. The summed E-state index contributed by atoms with van der Waals surface area (Å²) in [4.78, 5) is 86.3. The van der Waals surface area contributed by atoms with Crippen molar-refractivity contribution >= 4 is 37.6 Å². The van der Waals surface area contributed by atoms with Gasteiger partial charge in [0.1, 0.15) is 36.6 Å². The predicted octanol–water partition coefficient (Wildman–Crippen LogP) is 3.93. The first kappa shape index (κ1) is 97.5. The van der Waals surface area contributed by atoms with E-state index in [0.29, 0.717) is 61.9 Å². The number of carbonyl (C=O) groups is 5. The zero-order chi connectivity index (χ0) is 85.8. The van der Waals surface area contributed by atoms with E-state index in [9.17, 15) is 101 Å². The zero-order valence-corrected chi connectivity index (χ0v) is 63.0. The third kappa shape index (κ3) is 27.2. The summed E-state index contributed by atoms with van der Waals surface area (Å²) < 4.78 is 194. The average molecular weight is 1670 g/mol. The number of ether oxygens (including phenoxy) is 3. The molecule has 42 heteroatoms. The smallest absolute Gasteiger partial charge is 0.416 e. The molecule has 4 aromatic rings. The molecule has 29 nitrogen and oxygen atoms in total. The Morgan fingerprint density at radius 2 is 1.03 bits per heavy atom. The fourth-order valence-corrected chi connectivity index (χ4v) is 13.6. The van der Waals surface area contributed by atoms with Gasteiger partial charge in [-0.25, -0.2) is 4.79 Å². The number of alkyl halides is 12. The van der Waals surface area contributed by atoms with Crippen molar-refractivity contribution in [2.45, 2.75) is 192 Å². The van der Waals surface area contributed by atoms with Gasteiger partial charge in [-0.3, -0.25) is 29.0 Å². The quantitative estimate of drug-likeness (QED) is 0.0200. The lowest BCUT2D eigenvalue weighted by Gasteiger charge is -2.52. The second-order valence-corrected chi connectivity index (χ2v) is 29.1. The molecule has 114 heavy (non-hydrogen) atoms. The highest BCUT2D eigenvalue weighted by atomic mass is 31.2. The van der Waals surface area contributed by atoms with Crippen molar-refractivity contribution in [3.8, 4) is 0 Å². The Bertz CT molecular complexity index is 3700. The van der Waals surface area contributed by atoms with Gasteiger partial charge in [-0.15, -0.1) is 0 Å². The molecule has 0 aliphatic carbocycles. The summed E-state index contributed by atoms with van der Waals surface area (Å²) in [6.07, 6.45) is -33.4. The molecule has 642 valence electrons. The Morgan fingerprint density at radius 1 is 0.579 bits per heavy atom. The number of phosphoric ester groups is 1. The number of rotatable bonds is 30. The van der Waals surface area contributed by atoms with Gasteiger partial charge in [-0.2, -0.15) is 52.7 Å². The highest BCUT2D eigenvalue weighted by Crippen LogP contribution is 2.48. The molecule has 15 N–H and O–H groups in total. The number of benzene rings is 4. The molecule has 4 saturated heterocycles. The van der Waals surface area contributed by atoms with E-state index < -0.39 is 188 Å². The minimum Gasteiger partial charge on any atom is -0.790 e. The Morgan fingerprint density at radius 3 is 1.42 bits per heavy atom. The zero-order valence-electron chi connectivity index (χ0n) is 62.1. The van der Waals surface area contributed by atoms with Gasteiger partial charge in [0.2, 0.25) is 17.7 Å². The fourth-order valence-electron chi connectivity index (χ4n) is 13.3. The third-order valence-corrected chi connectivity index (χ3v) is 20.2. The topological polar surface area (TPSA) is 463 Å². The van der Waals surface area contributed by atoms with Crippen molar-refractivity contribution in [3.05, 3.63) is 142 Å². The number of nitrogens with zero attached hydrogens (tertiary/aromatic N) is 2. The predicted molar refractivity (Wildman–Crippen MR) is 371 cm³/mol. The average Bonchev–Trinajstić information content (AvgIpc) is 1.48. The van der Waals surface area contributed by atoms with E-state index in [0.717, 1.165) is 10.5 Å². The molecule has 14 atom stereocenters. The number of likely N-dealkylation sites (tertiary alicyclic amines) is 2. The largest absolute Gasteiger partial charge is 0.790 e. The number of carbonyl (C=O) groups excluding carboxylic acids is 4. The normalized spacial score (nSPS) is 22.8. The van der Waals surface area contributed by atoms with E-state index in [1.165, 1.54) is 18.7 Å². The molecular weight excluding hydrogens is 1580 g/mol. The van der Waals surface area contributed by atoms with Crippen molar-refractivity contribution in [1.29, 1.82) is 0 Å². The maximum absolute atomic E-state index is 13.7. The number of amides is 4. The van der Waals surface area contributed by atoms with Crippen LogP contribution < -0.4 is 31.1 Å². The van der Waals surface area contributed by atoms with Gasteiger partial charge in [0.05, 0.1) is 123 Å². The number of hydrogen-bond acceptors (Lipinski definition) is 25. The van der Waals surface area contributed by atoms with Crippen LogP contribution in [0.1, 0.15) is 141 Å². The number of nitrogens with one attached hydrogen (secondary N) is 4. The fraction of sp³-hybridized carbons (Fsp3) is 0.597. The summed E-state index contributed by atoms with van der Waals surface area (Å²) in [7, 11) is -2.09. The molecule has 2 spiro atoms. The molecule has 4 amide bonds. The molecule has 4 aliphatic rings. The van der Waals surface area contributed by atoms with Crippen LogP contribution in [0.2, 0.25) is 0 Å². The number of carboxylic acids is 1. The Balaban J connectivity index is 0.000000311. The number of imide groups is 1. The van der Waals surface area contributed by atoms with Crippen molar-refractivity contribution in [3.63, 3.8) is 0 Å². The number of likely N-dealkylation sites (N-methyl/N-ethyl adjacent to an activating group) is 2. The van der Waals surface area contributed by atoms with E-state index in [1.54, 1.807) is 74.8 Å². The first-order valence-electron chi connectivity index (χ1n) is 35.6. The summed E-state index contributed by atoms with van der Waals surface area (Å²) in [6.45, 7) is 0.188. The van der Waals surface area contributed by atoms with Crippen LogP contribution in [0.3, 0.4) is 0 Å². The van der Waals surface area contributed by atoms with Crippen LogP contribution in [0.4, 0.5) is 57.5 Å². The van der Waals surface area contributed by atoms with Crippen LogP contribution in [0.15, 0.2) is 97.1 Å². The molecule has 0 aromatic heterocycles. The lowest BCUT2D eigenvalue weighted by atomic mass is 9.74. The monoisotopic (exact) mass is 1670 g/mol. The molecule has 4 aliphatic heterocycles. The maximum atomic E-state index is 13.7. The third-order valence-electron chi connectivity index (χ3n) is 19.7. The van der Waals surface area contributed by atoms with E-state index in [2.05, 4.69) is 25.8 Å². The van der Waals surface area contributed by atoms with E-state index in [1.807, 2.05) is 0 Å². The SMILES string of the molecule is CNC[C@H](O)[C@@H](O)[C@H](O)[C@H](O)CO.CNC[C@H](O)[C@@H](O)[C@H](O)[C@H](O)CO.C[C@@H](OC[C@@]1(c2ccccc2)CC[C@]2(CCC(=O)N2)CN1C(=O)OCCCOP(=O)([O-])[O-])c1cc(C(F)(F)F)cc(C(F)(F)F)c1.C[C@@H](OC[C@@]1(c2ccccc2)CC[C@]2(CCC(=O)N2C(=O)CCC(=O)O)CN1)c1cc(C(F)(F)F)cc(C(F)(F)F)c1. The van der Waals surface area contributed by atoms with Gasteiger partial charge in [-0.05, 0) is 125 Å². The highest BCUT2D eigenvalue weighted by Gasteiger charge is 2.56. The van der Waals surface area contributed by atoms with Crippen LogP contribution in [0, 0.1) is 0 Å². The molecule has 8 rings (SSSR count).